The zero-order chi connectivity index (χ0) is 14.8. The Morgan fingerprint density at radius 2 is 1.86 bits per heavy atom. The van der Waals surface area contributed by atoms with Crippen LogP contribution in [0.4, 0.5) is 4.39 Å². The molecule has 0 aliphatic heterocycles. The number of para-hydroxylation sites is 1. The van der Waals surface area contributed by atoms with E-state index in [0.717, 1.165) is 22.0 Å². The second kappa shape index (κ2) is 5.40. The minimum Gasteiger partial charge on any atom is -0.481 e. The van der Waals surface area contributed by atoms with Gasteiger partial charge < -0.3 is 10.1 Å². The summed E-state index contributed by atoms with van der Waals surface area (Å²) < 4.78 is 13.1. The van der Waals surface area contributed by atoms with Gasteiger partial charge in [-0.25, -0.2) is 4.39 Å². The number of hydrogen-bond donors (Lipinski definition) is 2. The van der Waals surface area contributed by atoms with Gasteiger partial charge in [-0.2, -0.15) is 0 Å². The summed E-state index contributed by atoms with van der Waals surface area (Å²) in [4.78, 5) is 14.4. The van der Waals surface area contributed by atoms with Gasteiger partial charge in [0.1, 0.15) is 5.82 Å². The number of aliphatic carboxylic acids is 1. The molecule has 4 heteroatoms. The topological polar surface area (TPSA) is 53.1 Å². The lowest BCUT2D eigenvalue weighted by Gasteiger charge is -2.15. The molecule has 0 amide bonds. The third kappa shape index (κ3) is 2.65. The highest BCUT2D eigenvalue weighted by molar-refractivity contribution is 5.85. The Morgan fingerprint density at radius 3 is 2.57 bits per heavy atom. The molecular weight excluding hydrogens is 269 g/mol. The van der Waals surface area contributed by atoms with E-state index in [0.29, 0.717) is 0 Å². The van der Waals surface area contributed by atoms with E-state index in [2.05, 4.69) is 4.98 Å². The quantitative estimate of drug-likeness (QED) is 0.762. The molecule has 106 valence electrons. The number of rotatable bonds is 4. The number of nitrogens with one attached hydrogen (secondary N) is 1. The lowest BCUT2D eigenvalue weighted by atomic mass is 9.88. The van der Waals surface area contributed by atoms with Crippen molar-refractivity contribution < 1.29 is 14.3 Å². The number of carbonyl (C=O) groups is 1. The second-order valence-corrected chi connectivity index (χ2v) is 4.99. The number of carboxylic acids is 1. The van der Waals surface area contributed by atoms with Gasteiger partial charge in [-0.3, -0.25) is 4.79 Å². The Morgan fingerprint density at radius 1 is 1.14 bits per heavy atom. The normalized spacial score (nSPS) is 12.4. The first-order valence-corrected chi connectivity index (χ1v) is 6.68. The molecule has 3 aromatic rings. The van der Waals surface area contributed by atoms with Crippen LogP contribution in [0.25, 0.3) is 10.9 Å². The van der Waals surface area contributed by atoms with Crippen LogP contribution in [0.1, 0.15) is 23.5 Å². The van der Waals surface area contributed by atoms with E-state index in [9.17, 15) is 14.3 Å². The summed E-state index contributed by atoms with van der Waals surface area (Å²) in [6.07, 6.45) is 1.80. The molecule has 0 fully saturated rings. The van der Waals surface area contributed by atoms with Crippen LogP contribution in [-0.2, 0) is 4.79 Å². The molecule has 0 aliphatic rings. The maximum Gasteiger partial charge on any atom is 0.304 e. The first-order chi connectivity index (χ1) is 10.1. The van der Waals surface area contributed by atoms with Gasteiger partial charge in [-0.1, -0.05) is 30.3 Å². The summed E-state index contributed by atoms with van der Waals surface area (Å²) in [5.41, 5.74) is 2.67. The smallest absolute Gasteiger partial charge is 0.304 e. The summed E-state index contributed by atoms with van der Waals surface area (Å²) in [5, 5.41) is 10.2. The summed E-state index contributed by atoms with van der Waals surface area (Å²) in [6.45, 7) is 0. The molecule has 2 aromatic carbocycles. The van der Waals surface area contributed by atoms with Gasteiger partial charge >= 0.3 is 5.97 Å². The van der Waals surface area contributed by atoms with E-state index >= 15 is 0 Å². The molecule has 3 nitrogen and oxygen atoms in total. The van der Waals surface area contributed by atoms with Crippen LogP contribution in [0.3, 0.4) is 0 Å². The second-order valence-electron chi connectivity index (χ2n) is 4.99. The van der Waals surface area contributed by atoms with Gasteiger partial charge in [0.2, 0.25) is 0 Å². The molecular formula is C17H14FNO2. The molecule has 21 heavy (non-hydrogen) atoms. The number of halogens is 1. The predicted octanol–water partition coefficient (Wildman–Crippen LogP) is 3.91. The third-order valence-electron chi connectivity index (χ3n) is 3.65. The van der Waals surface area contributed by atoms with Crippen molar-refractivity contribution >= 4 is 16.9 Å². The average molecular weight is 283 g/mol. The summed E-state index contributed by atoms with van der Waals surface area (Å²) in [5.74, 6) is -1.51. The molecule has 2 N–H and O–H groups in total. The number of aromatic nitrogens is 1. The maximum atomic E-state index is 13.1. The largest absolute Gasteiger partial charge is 0.481 e. The van der Waals surface area contributed by atoms with Crippen molar-refractivity contribution in [2.24, 2.45) is 0 Å². The van der Waals surface area contributed by atoms with E-state index in [1.807, 2.05) is 30.5 Å². The molecule has 1 atom stereocenters. The minimum atomic E-state index is -0.880. The number of carboxylic acid groups (broad SMARTS) is 1. The van der Waals surface area contributed by atoms with Crippen LogP contribution in [0, 0.1) is 5.82 Å². The van der Waals surface area contributed by atoms with E-state index in [1.54, 1.807) is 12.1 Å². The Kier molecular flexibility index (Phi) is 3.44. The predicted molar refractivity (Wildman–Crippen MR) is 78.8 cm³/mol. The van der Waals surface area contributed by atoms with Crippen molar-refractivity contribution in [3.63, 3.8) is 0 Å². The number of benzene rings is 2. The van der Waals surface area contributed by atoms with Gasteiger partial charge in [0.05, 0.1) is 6.42 Å². The monoisotopic (exact) mass is 283 g/mol. The average Bonchev–Trinajstić information content (AvgIpc) is 2.89. The van der Waals surface area contributed by atoms with Crippen molar-refractivity contribution in [2.45, 2.75) is 12.3 Å². The van der Waals surface area contributed by atoms with E-state index in [-0.39, 0.29) is 18.2 Å². The van der Waals surface area contributed by atoms with Crippen molar-refractivity contribution in [2.75, 3.05) is 0 Å². The number of fused-ring (bicyclic) bond motifs is 1. The van der Waals surface area contributed by atoms with Gasteiger partial charge in [-0.15, -0.1) is 0 Å². The van der Waals surface area contributed by atoms with Crippen molar-refractivity contribution in [3.8, 4) is 0 Å². The van der Waals surface area contributed by atoms with Crippen molar-refractivity contribution in [1.29, 1.82) is 0 Å². The zero-order valence-electron chi connectivity index (χ0n) is 11.2. The molecule has 1 aromatic heterocycles. The SMILES string of the molecule is O=C(O)CC(c1ccc(F)cc1)c1c[nH]c2ccccc12. The summed E-state index contributed by atoms with van der Waals surface area (Å²) in [7, 11) is 0. The van der Waals surface area contributed by atoms with Gasteiger partial charge in [0, 0.05) is 23.0 Å². The van der Waals surface area contributed by atoms with Crippen LogP contribution in [0.15, 0.2) is 54.7 Å². The molecule has 0 radical (unpaired) electrons. The van der Waals surface area contributed by atoms with Crippen LogP contribution < -0.4 is 0 Å². The molecule has 1 unspecified atom stereocenters. The molecule has 0 spiro atoms. The highest BCUT2D eigenvalue weighted by Gasteiger charge is 2.21. The number of aromatic amines is 1. The molecule has 0 saturated heterocycles. The van der Waals surface area contributed by atoms with Gasteiger partial charge in [-0.05, 0) is 29.3 Å². The van der Waals surface area contributed by atoms with Crippen molar-refractivity contribution in [1.82, 2.24) is 4.98 Å². The molecule has 1 heterocycles. The van der Waals surface area contributed by atoms with Gasteiger partial charge in [0.15, 0.2) is 0 Å². The van der Waals surface area contributed by atoms with E-state index in [1.165, 1.54) is 12.1 Å². The van der Waals surface area contributed by atoms with Crippen LogP contribution in [0.5, 0.6) is 0 Å². The van der Waals surface area contributed by atoms with Crippen LogP contribution in [0.2, 0.25) is 0 Å². The fourth-order valence-corrected chi connectivity index (χ4v) is 2.66. The lowest BCUT2D eigenvalue weighted by Crippen LogP contribution is -2.07. The molecule has 0 aliphatic carbocycles. The number of H-pyrrole nitrogens is 1. The van der Waals surface area contributed by atoms with Crippen LogP contribution in [-0.4, -0.2) is 16.1 Å². The Labute approximate surface area is 121 Å². The highest BCUT2D eigenvalue weighted by atomic mass is 19.1. The first-order valence-electron chi connectivity index (χ1n) is 6.68. The van der Waals surface area contributed by atoms with E-state index < -0.39 is 5.97 Å². The maximum absolute atomic E-state index is 13.1. The molecule has 3 rings (SSSR count). The van der Waals surface area contributed by atoms with E-state index in [4.69, 9.17) is 0 Å². The Hall–Kier alpha value is -2.62. The van der Waals surface area contributed by atoms with Crippen molar-refractivity contribution in [3.05, 3.63) is 71.7 Å². The minimum absolute atomic E-state index is 0.0342. The standard InChI is InChI=1S/C17H14FNO2/c18-12-7-5-11(6-8-12)14(9-17(20)21)15-10-19-16-4-2-1-3-13(15)16/h1-8,10,14,19H,9H2,(H,20,21). The Balaban J connectivity index is 2.11. The molecule has 0 saturated carbocycles. The lowest BCUT2D eigenvalue weighted by molar-refractivity contribution is -0.137. The van der Waals surface area contributed by atoms with Gasteiger partial charge in [0.25, 0.3) is 0 Å². The van der Waals surface area contributed by atoms with Crippen LogP contribution >= 0.6 is 0 Å². The fraction of sp³-hybridized carbons (Fsp3) is 0.118. The Bertz CT molecular complexity index is 777. The summed E-state index contributed by atoms with van der Waals surface area (Å²) in [6, 6.07) is 13.8. The summed E-state index contributed by atoms with van der Waals surface area (Å²) >= 11 is 0. The zero-order valence-corrected chi connectivity index (χ0v) is 11.2. The fourth-order valence-electron chi connectivity index (χ4n) is 2.66. The highest BCUT2D eigenvalue weighted by Crippen LogP contribution is 2.33. The third-order valence-corrected chi connectivity index (χ3v) is 3.65. The number of hydrogen-bond acceptors (Lipinski definition) is 1. The molecule has 0 bridgehead atoms. The first kappa shape index (κ1) is 13.4.